The standard InChI is InChI=1S/C20H24BrN3O2S/c1-5-16(14-6-8-15(21)9-7-14)24-17(25)10-27-20-18(19(22)26)12(3)11(2)13(4)23-20/h6-9,16H,5,10H2,1-4H3,(H2,22,26)(H,24,25)/t16-/m0/s1. The first-order valence-electron chi connectivity index (χ1n) is 8.69. The third-order valence-corrected chi connectivity index (χ3v) is 6.07. The van der Waals surface area contributed by atoms with Crippen molar-refractivity contribution >= 4 is 39.5 Å². The number of primary amides is 1. The number of pyridine rings is 1. The fourth-order valence-corrected chi connectivity index (χ4v) is 4.01. The summed E-state index contributed by atoms with van der Waals surface area (Å²) in [6.07, 6.45) is 0.783. The van der Waals surface area contributed by atoms with E-state index in [1.54, 1.807) is 0 Å². The predicted octanol–water partition coefficient (Wildman–Crippen LogP) is 4.23. The van der Waals surface area contributed by atoms with E-state index in [9.17, 15) is 9.59 Å². The van der Waals surface area contributed by atoms with Crippen molar-refractivity contribution in [2.75, 3.05) is 5.75 Å². The third kappa shape index (κ3) is 5.32. The van der Waals surface area contributed by atoms with Crippen molar-refractivity contribution in [3.05, 3.63) is 56.7 Å². The Hall–Kier alpha value is -1.86. The molecular formula is C20H24BrN3O2S. The number of aromatic nitrogens is 1. The molecule has 2 rings (SSSR count). The molecule has 0 fully saturated rings. The van der Waals surface area contributed by atoms with E-state index in [2.05, 4.69) is 26.2 Å². The smallest absolute Gasteiger partial charge is 0.251 e. The minimum Gasteiger partial charge on any atom is -0.366 e. The topological polar surface area (TPSA) is 85.1 Å². The van der Waals surface area contributed by atoms with Gasteiger partial charge in [0.05, 0.1) is 17.4 Å². The number of hydrogen-bond donors (Lipinski definition) is 2. The monoisotopic (exact) mass is 449 g/mol. The van der Waals surface area contributed by atoms with E-state index in [0.717, 1.165) is 33.3 Å². The number of halogens is 1. The number of amides is 2. The molecule has 0 radical (unpaired) electrons. The highest BCUT2D eigenvalue weighted by Crippen LogP contribution is 2.27. The zero-order valence-corrected chi connectivity index (χ0v) is 18.3. The lowest BCUT2D eigenvalue weighted by molar-refractivity contribution is -0.119. The minimum absolute atomic E-state index is 0.0590. The van der Waals surface area contributed by atoms with E-state index >= 15 is 0 Å². The molecule has 0 unspecified atom stereocenters. The van der Waals surface area contributed by atoms with E-state index in [1.807, 2.05) is 52.0 Å². The van der Waals surface area contributed by atoms with Crippen LogP contribution in [0.5, 0.6) is 0 Å². The maximum atomic E-state index is 12.5. The largest absolute Gasteiger partial charge is 0.366 e. The number of nitrogens with zero attached hydrogens (tertiary/aromatic N) is 1. The maximum absolute atomic E-state index is 12.5. The highest BCUT2D eigenvalue weighted by Gasteiger charge is 2.19. The number of rotatable bonds is 7. The zero-order chi connectivity index (χ0) is 20.1. The lowest BCUT2D eigenvalue weighted by Gasteiger charge is -2.18. The molecule has 1 aromatic heterocycles. The van der Waals surface area contributed by atoms with Crippen LogP contribution in [0.1, 0.15) is 52.1 Å². The highest BCUT2D eigenvalue weighted by atomic mass is 79.9. The van der Waals surface area contributed by atoms with Gasteiger partial charge in [0.2, 0.25) is 5.91 Å². The quantitative estimate of drug-likeness (QED) is 0.619. The molecule has 0 aliphatic carbocycles. The number of nitrogens with one attached hydrogen (secondary N) is 1. The predicted molar refractivity (Wildman–Crippen MR) is 113 cm³/mol. The molecule has 1 atom stereocenters. The molecular weight excluding hydrogens is 426 g/mol. The number of benzene rings is 1. The van der Waals surface area contributed by atoms with Gasteiger partial charge in [-0.05, 0) is 56.0 Å². The molecule has 1 heterocycles. The second-order valence-electron chi connectivity index (χ2n) is 6.36. The molecule has 27 heavy (non-hydrogen) atoms. The van der Waals surface area contributed by atoms with Gasteiger partial charge < -0.3 is 11.1 Å². The van der Waals surface area contributed by atoms with Crippen LogP contribution < -0.4 is 11.1 Å². The Bertz CT molecular complexity index is 853. The first-order valence-corrected chi connectivity index (χ1v) is 10.5. The summed E-state index contributed by atoms with van der Waals surface area (Å²) in [5, 5.41) is 3.55. The van der Waals surface area contributed by atoms with Gasteiger partial charge in [-0.2, -0.15) is 0 Å². The Labute approximate surface area is 172 Å². The molecule has 5 nitrogen and oxygen atoms in total. The van der Waals surface area contributed by atoms with Crippen molar-refractivity contribution in [2.45, 2.75) is 45.2 Å². The Morgan fingerprint density at radius 2 is 1.81 bits per heavy atom. The molecule has 0 bridgehead atoms. The van der Waals surface area contributed by atoms with Crippen molar-refractivity contribution in [3.63, 3.8) is 0 Å². The van der Waals surface area contributed by atoms with Crippen molar-refractivity contribution in [1.29, 1.82) is 0 Å². The summed E-state index contributed by atoms with van der Waals surface area (Å²) in [7, 11) is 0. The Morgan fingerprint density at radius 3 is 2.37 bits per heavy atom. The van der Waals surface area contributed by atoms with Crippen LogP contribution in [0.4, 0.5) is 0 Å². The molecule has 0 saturated carbocycles. The molecule has 1 aromatic carbocycles. The van der Waals surface area contributed by atoms with Crippen LogP contribution in [0.2, 0.25) is 0 Å². The van der Waals surface area contributed by atoms with Crippen LogP contribution in [-0.4, -0.2) is 22.6 Å². The SMILES string of the molecule is CC[C@H](NC(=O)CSc1nc(C)c(C)c(C)c1C(N)=O)c1ccc(Br)cc1. The fraction of sp³-hybridized carbons (Fsp3) is 0.350. The summed E-state index contributed by atoms with van der Waals surface area (Å²) in [6, 6.07) is 7.84. The van der Waals surface area contributed by atoms with Crippen LogP contribution in [-0.2, 0) is 4.79 Å². The number of carbonyl (C=O) groups excluding carboxylic acids is 2. The molecule has 0 aliphatic heterocycles. The van der Waals surface area contributed by atoms with Gasteiger partial charge in [0, 0.05) is 10.2 Å². The van der Waals surface area contributed by atoms with Crippen molar-refractivity contribution in [2.24, 2.45) is 5.73 Å². The summed E-state index contributed by atoms with van der Waals surface area (Å²) in [6.45, 7) is 7.68. The van der Waals surface area contributed by atoms with Crippen LogP contribution in [0, 0.1) is 20.8 Å². The van der Waals surface area contributed by atoms with E-state index in [0.29, 0.717) is 10.6 Å². The van der Waals surface area contributed by atoms with Gasteiger partial charge in [-0.3, -0.25) is 9.59 Å². The van der Waals surface area contributed by atoms with E-state index in [4.69, 9.17) is 5.73 Å². The molecule has 0 aliphatic rings. The van der Waals surface area contributed by atoms with Gasteiger partial charge in [-0.1, -0.05) is 46.7 Å². The highest BCUT2D eigenvalue weighted by molar-refractivity contribution is 9.10. The lowest BCUT2D eigenvalue weighted by Crippen LogP contribution is -2.29. The summed E-state index contributed by atoms with van der Waals surface area (Å²) < 4.78 is 0.998. The van der Waals surface area contributed by atoms with E-state index in [1.165, 1.54) is 11.8 Å². The Morgan fingerprint density at radius 1 is 1.19 bits per heavy atom. The van der Waals surface area contributed by atoms with Crippen LogP contribution >= 0.6 is 27.7 Å². The summed E-state index contributed by atoms with van der Waals surface area (Å²) in [4.78, 5) is 28.8. The average Bonchev–Trinajstić information content (AvgIpc) is 2.62. The molecule has 3 N–H and O–H groups in total. The number of hydrogen-bond acceptors (Lipinski definition) is 4. The van der Waals surface area contributed by atoms with Crippen LogP contribution in [0.3, 0.4) is 0 Å². The number of thioether (sulfide) groups is 1. The summed E-state index contributed by atoms with van der Waals surface area (Å²) >= 11 is 4.66. The minimum atomic E-state index is -0.521. The van der Waals surface area contributed by atoms with Crippen LogP contribution in [0.15, 0.2) is 33.8 Å². The van der Waals surface area contributed by atoms with Gasteiger partial charge in [-0.15, -0.1) is 0 Å². The van der Waals surface area contributed by atoms with Crippen LogP contribution in [0.25, 0.3) is 0 Å². The number of aryl methyl sites for hydroxylation is 1. The summed E-state index contributed by atoms with van der Waals surface area (Å²) in [5.41, 5.74) is 9.58. The molecule has 2 aromatic rings. The normalized spacial score (nSPS) is 11.9. The second kappa shape index (κ2) is 9.37. The van der Waals surface area contributed by atoms with Gasteiger partial charge in [0.25, 0.3) is 5.91 Å². The zero-order valence-electron chi connectivity index (χ0n) is 15.9. The summed E-state index contributed by atoms with van der Waals surface area (Å²) in [5.74, 6) is -0.461. The third-order valence-electron chi connectivity index (χ3n) is 4.57. The van der Waals surface area contributed by atoms with Crippen molar-refractivity contribution in [3.8, 4) is 0 Å². The van der Waals surface area contributed by atoms with Gasteiger partial charge >= 0.3 is 0 Å². The fourth-order valence-electron chi connectivity index (χ4n) is 2.79. The van der Waals surface area contributed by atoms with E-state index < -0.39 is 5.91 Å². The maximum Gasteiger partial charge on any atom is 0.251 e. The van der Waals surface area contributed by atoms with Crippen molar-refractivity contribution in [1.82, 2.24) is 10.3 Å². The van der Waals surface area contributed by atoms with Gasteiger partial charge in [0.15, 0.2) is 0 Å². The lowest BCUT2D eigenvalue weighted by atomic mass is 10.0. The number of nitrogens with two attached hydrogens (primary N) is 1. The molecule has 144 valence electrons. The average molecular weight is 450 g/mol. The van der Waals surface area contributed by atoms with Gasteiger partial charge in [-0.25, -0.2) is 4.98 Å². The van der Waals surface area contributed by atoms with E-state index in [-0.39, 0.29) is 17.7 Å². The Balaban J connectivity index is 2.11. The first kappa shape index (κ1) is 21.4. The number of carbonyl (C=O) groups is 2. The molecule has 7 heteroatoms. The Kier molecular flexibility index (Phi) is 7.44. The molecule has 2 amide bonds. The molecule has 0 spiro atoms. The molecule has 0 saturated heterocycles. The second-order valence-corrected chi connectivity index (χ2v) is 8.24. The first-order chi connectivity index (χ1) is 12.7. The van der Waals surface area contributed by atoms with Gasteiger partial charge in [0.1, 0.15) is 5.03 Å². The van der Waals surface area contributed by atoms with Crippen molar-refractivity contribution < 1.29 is 9.59 Å².